The lowest BCUT2D eigenvalue weighted by Gasteiger charge is -2.04. The Morgan fingerprint density at radius 2 is 2.55 bits per heavy atom. The van der Waals surface area contributed by atoms with Crippen LogP contribution in [-0.4, -0.2) is 12.6 Å². The van der Waals surface area contributed by atoms with E-state index in [1.54, 1.807) is 11.3 Å². The third-order valence-electron chi connectivity index (χ3n) is 1.21. The molecule has 0 aliphatic rings. The maximum Gasteiger partial charge on any atom is 0.0810 e. The number of rotatable bonds is 4. The minimum Gasteiger partial charge on any atom is -0.374 e. The predicted octanol–water partition coefficient (Wildman–Crippen LogP) is 1.61. The van der Waals surface area contributed by atoms with E-state index in [-0.39, 0.29) is 6.04 Å². The molecule has 1 atom stereocenters. The maximum atomic E-state index is 5.51. The molecule has 1 heterocycles. The van der Waals surface area contributed by atoms with Gasteiger partial charge in [0.25, 0.3) is 0 Å². The van der Waals surface area contributed by atoms with Crippen molar-refractivity contribution >= 4 is 11.3 Å². The molecule has 0 aliphatic carbocycles. The molecule has 0 saturated heterocycles. The van der Waals surface area contributed by atoms with E-state index in [1.807, 2.05) is 18.4 Å². The summed E-state index contributed by atoms with van der Waals surface area (Å²) in [6, 6.07) is 4.22. The third kappa shape index (κ3) is 3.51. The number of nitrogens with two attached hydrogens (primary N) is 1. The average Bonchev–Trinajstić information content (AvgIpc) is 2.39. The van der Waals surface area contributed by atoms with Gasteiger partial charge in [-0.2, -0.15) is 0 Å². The molecule has 0 spiro atoms. The molecule has 0 fully saturated rings. The average molecular weight is 171 g/mol. The van der Waals surface area contributed by atoms with Crippen LogP contribution in [0.4, 0.5) is 0 Å². The Kier molecular flexibility index (Phi) is 3.56. The van der Waals surface area contributed by atoms with Crippen LogP contribution in [0, 0.1) is 0 Å². The molecule has 0 amide bonds. The standard InChI is InChI=1S/C8H13NOS/c1-7(9)5-10-6-8-3-2-4-11-8/h2-4,7H,5-6,9H2,1H3. The van der Waals surface area contributed by atoms with Gasteiger partial charge >= 0.3 is 0 Å². The first-order valence-corrected chi connectivity index (χ1v) is 4.52. The Balaban J connectivity index is 2.14. The number of hydrogen-bond acceptors (Lipinski definition) is 3. The highest BCUT2D eigenvalue weighted by Gasteiger charge is 1.95. The fourth-order valence-electron chi connectivity index (χ4n) is 0.740. The molecule has 11 heavy (non-hydrogen) atoms. The Morgan fingerprint density at radius 1 is 1.73 bits per heavy atom. The molecule has 0 saturated carbocycles. The molecule has 0 radical (unpaired) electrons. The summed E-state index contributed by atoms with van der Waals surface area (Å²) < 4.78 is 5.32. The smallest absolute Gasteiger partial charge is 0.0810 e. The molecule has 3 heteroatoms. The van der Waals surface area contributed by atoms with Gasteiger partial charge in [-0.25, -0.2) is 0 Å². The van der Waals surface area contributed by atoms with E-state index < -0.39 is 0 Å². The fraction of sp³-hybridized carbons (Fsp3) is 0.500. The molecule has 2 nitrogen and oxygen atoms in total. The molecule has 62 valence electrons. The van der Waals surface area contributed by atoms with E-state index in [4.69, 9.17) is 10.5 Å². The van der Waals surface area contributed by atoms with Gasteiger partial charge in [-0.1, -0.05) is 6.07 Å². The van der Waals surface area contributed by atoms with Crippen molar-refractivity contribution in [3.63, 3.8) is 0 Å². The van der Waals surface area contributed by atoms with Crippen molar-refractivity contribution in [2.75, 3.05) is 6.61 Å². The van der Waals surface area contributed by atoms with Crippen molar-refractivity contribution in [2.45, 2.75) is 19.6 Å². The zero-order valence-electron chi connectivity index (χ0n) is 6.62. The highest BCUT2D eigenvalue weighted by Crippen LogP contribution is 2.09. The van der Waals surface area contributed by atoms with Crippen molar-refractivity contribution in [3.8, 4) is 0 Å². The van der Waals surface area contributed by atoms with Gasteiger partial charge in [-0.3, -0.25) is 0 Å². The van der Waals surface area contributed by atoms with Gasteiger partial charge in [0.05, 0.1) is 13.2 Å². The summed E-state index contributed by atoms with van der Waals surface area (Å²) in [7, 11) is 0. The van der Waals surface area contributed by atoms with Gasteiger partial charge in [-0.15, -0.1) is 11.3 Å². The molecule has 1 aromatic rings. The summed E-state index contributed by atoms with van der Waals surface area (Å²) in [4.78, 5) is 1.26. The van der Waals surface area contributed by atoms with E-state index in [2.05, 4.69) is 6.07 Å². The molecule has 0 aliphatic heterocycles. The zero-order chi connectivity index (χ0) is 8.10. The van der Waals surface area contributed by atoms with E-state index in [0.29, 0.717) is 13.2 Å². The van der Waals surface area contributed by atoms with Crippen molar-refractivity contribution in [2.24, 2.45) is 5.73 Å². The Morgan fingerprint density at radius 3 is 3.09 bits per heavy atom. The van der Waals surface area contributed by atoms with Crippen LogP contribution in [0.5, 0.6) is 0 Å². The number of hydrogen-bond donors (Lipinski definition) is 1. The van der Waals surface area contributed by atoms with Crippen LogP contribution in [0.3, 0.4) is 0 Å². The minimum atomic E-state index is 0.134. The first-order valence-electron chi connectivity index (χ1n) is 3.65. The lowest BCUT2D eigenvalue weighted by atomic mass is 10.4. The van der Waals surface area contributed by atoms with Crippen LogP contribution >= 0.6 is 11.3 Å². The molecule has 0 aromatic carbocycles. The van der Waals surface area contributed by atoms with Crippen LogP contribution < -0.4 is 5.73 Å². The number of ether oxygens (including phenoxy) is 1. The molecular weight excluding hydrogens is 158 g/mol. The predicted molar refractivity (Wildman–Crippen MR) is 47.6 cm³/mol. The van der Waals surface area contributed by atoms with Gasteiger partial charge in [0.2, 0.25) is 0 Å². The highest BCUT2D eigenvalue weighted by atomic mass is 32.1. The Labute approximate surface area is 71.0 Å². The first-order chi connectivity index (χ1) is 5.29. The second kappa shape index (κ2) is 4.49. The second-order valence-corrected chi connectivity index (χ2v) is 3.60. The summed E-state index contributed by atoms with van der Waals surface area (Å²) in [6.45, 7) is 3.27. The zero-order valence-corrected chi connectivity index (χ0v) is 7.43. The summed E-state index contributed by atoms with van der Waals surface area (Å²) >= 11 is 1.71. The van der Waals surface area contributed by atoms with Crippen LogP contribution in [-0.2, 0) is 11.3 Å². The van der Waals surface area contributed by atoms with E-state index >= 15 is 0 Å². The van der Waals surface area contributed by atoms with Gasteiger partial charge < -0.3 is 10.5 Å². The summed E-state index contributed by atoms with van der Waals surface area (Å²) in [5.41, 5.74) is 5.51. The monoisotopic (exact) mass is 171 g/mol. The third-order valence-corrected chi connectivity index (χ3v) is 2.06. The van der Waals surface area contributed by atoms with Crippen molar-refractivity contribution in [3.05, 3.63) is 22.4 Å². The Hall–Kier alpha value is -0.380. The van der Waals surface area contributed by atoms with E-state index in [1.165, 1.54) is 4.88 Å². The van der Waals surface area contributed by atoms with Gasteiger partial charge in [0, 0.05) is 10.9 Å². The largest absolute Gasteiger partial charge is 0.374 e. The maximum absolute atomic E-state index is 5.51. The van der Waals surface area contributed by atoms with E-state index in [9.17, 15) is 0 Å². The fourth-order valence-corrected chi connectivity index (χ4v) is 1.38. The lowest BCUT2D eigenvalue weighted by molar-refractivity contribution is 0.113. The van der Waals surface area contributed by atoms with Gasteiger partial charge in [0.15, 0.2) is 0 Å². The van der Waals surface area contributed by atoms with Crippen LogP contribution in [0.15, 0.2) is 17.5 Å². The summed E-state index contributed by atoms with van der Waals surface area (Å²) in [6.07, 6.45) is 0. The molecule has 1 aromatic heterocycles. The first kappa shape index (κ1) is 8.71. The van der Waals surface area contributed by atoms with Crippen molar-refractivity contribution in [1.29, 1.82) is 0 Å². The molecule has 1 rings (SSSR count). The second-order valence-electron chi connectivity index (χ2n) is 2.57. The summed E-state index contributed by atoms with van der Waals surface area (Å²) in [5.74, 6) is 0. The highest BCUT2D eigenvalue weighted by molar-refractivity contribution is 7.09. The van der Waals surface area contributed by atoms with Crippen molar-refractivity contribution in [1.82, 2.24) is 0 Å². The molecule has 1 unspecified atom stereocenters. The lowest BCUT2D eigenvalue weighted by Crippen LogP contribution is -2.21. The van der Waals surface area contributed by atoms with Gasteiger partial charge in [0.1, 0.15) is 0 Å². The van der Waals surface area contributed by atoms with Crippen LogP contribution in [0.1, 0.15) is 11.8 Å². The Bertz CT molecular complexity index is 184. The summed E-state index contributed by atoms with van der Waals surface area (Å²) in [5, 5.41) is 2.05. The molecule has 0 bridgehead atoms. The van der Waals surface area contributed by atoms with Crippen LogP contribution in [0.2, 0.25) is 0 Å². The van der Waals surface area contributed by atoms with E-state index in [0.717, 1.165) is 0 Å². The topological polar surface area (TPSA) is 35.2 Å². The SMILES string of the molecule is CC(N)COCc1cccs1. The number of thiophene rings is 1. The molecular formula is C8H13NOS. The minimum absolute atomic E-state index is 0.134. The van der Waals surface area contributed by atoms with Gasteiger partial charge in [-0.05, 0) is 18.4 Å². The van der Waals surface area contributed by atoms with Crippen LogP contribution in [0.25, 0.3) is 0 Å². The molecule has 2 N–H and O–H groups in total. The normalized spacial score (nSPS) is 13.3. The van der Waals surface area contributed by atoms with Crippen molar-refractivity contribution < 1.29 is 4.74 Å². The quantitative estimate of drug-likeness (QED) is 0.747.